The molecule has 2 atom stereocenters. The van der Waals surface area contributed by atoms with Crippen LogP contribution in [0.5, 0.6) is 0 Å². The van der Waals surface area contributed by atoms with Crippen molar-refractivity contribution in [2.75, 3.05) is 0 Å². The van der Waals surface area contributed by atoms with Gasteiger partial charge >= 0.3 is 0 Å². The van der Waals surface area contributed by atoms with Gasteiger partial charge < -0.3 is 0 Å². The Morgan fingerprint density at radius 2 is 2.06 bits per heavy atom. The lowest BCUT2D eigenvalue weighted by molar-refractivity contribution is 0.450. The predicted molar refractivity (Wildman–Crippen MR) is 80.2 cm³/mol. The first-order chi connectivity index (χ1) is 8.63. The molecule has 1 heterocycles. The monoisotopic (exact) mass is 332 g/mol. The third-order valence-corrected chi connectivity index (χ3v) is 5.51. The molecule has 0 bridgehead atoms. The van der Waals surface area contributed by atoms with Crippen molar-refractivity contribution in [2.24, 2.45) is 13.0 Å². The lowest BCUT2D eigenvalue weighted by atomic mass is 9.94. The van der Waals surface area contributed by atoms with Crippen LogP contribution < -0.4 is 0 Å². The van der Waals surface area contributed by atoms with Crippen LogP contribution in [0.3, 0.4) is 0 Å². The minimum atomic E-state index is 0.333. The molecule has 0 spiro atoms. The van der Waals surface area contributed by atoms with Crippen LogP contribution >= 0.6 is 27.5 Å². The zero-order valence-corrected chi connectivity index (χ0v) is 13.6. The molecule has 2 rings (SSSR count). The van der Waals surface area contributed by atoms with E-state index >= 15 is 0 Å². The van der Waals surface area contributed by atoms with E-state index < -0.39 is 0 Å². The summed E-state index contributed by atoms with van der Waals surface area (Å²) >= 11 is 10.2. The zero-order chi connectivity index (χ0) is 13.1. The van der Waals surface area contributed by atoms with Gasteiger partial charge in [0.15, 0.2) is 0 Å². The van der Waals surface area contributed by atoms with Crippen LogP contribution in [0.15, 0.2) is 4.47 Å². The average Bonchev–Trinajstić information content (AvgIpc) is 2.52. The molecule has 2 nitrogen and oxygen atoms in total. The number of nitrogens with zero attached hydrogens (tertiary/aromatic N) is 2. The van der Waals surface area contributed by atoms with Gasteiger partial charge in [0.25, 0.3) is 0 Å². The Morgan fingerprint density at radius 3 is 2.72 bits per heavy atom. The molecule has 0 radical (unpaired) electrons. The number of alkyl halides is 1. The first kappa shape index (κ1) is 14.4. The maximum absolute atomic E-state index is 6.54. The molecule has 0 saturated heterocycles. The van der Waals surface area contributed by atoms with Gasteiger partial charge in [0.2, 0.25) is 0 Å². The van der Waals surface area contributed by atoms with E-state index in [1.54, 1.807) is 0 Å². The number of rotatable bonds is 3. The Kier molecular flexibility index (Phi) is 5.14. The van der Waals surface area contributed by atoms with Gasteiger partial charge in [0.05, 0.1) is 15.9 Å². The summed E-state index contributed by atoms with van der Waals surface area (Å²) in [6.07, 6.45) is 8.41. The molecule has 102 valence electrons. The Hall–Kier alpha value is -0.0200. The summed E-state index contributed by atoms with van der Waals surface area (Å²) in [6, 6.07) is 0. The standard InChI is InChI=1S/C14H22BrClN2/c1-3-12-14(15)13(18(2)17-12)9-10-7-5-4-6-8-11(10)16/h10-11H,3-9H2,1-2H3. The van der Waals surface area contributed by atoms with Gasteiger partial charge in [0.1, 0.15) is 0 Å². The highest BCUT2D eigenvalue weighted by Crippen LogP contribution is 2.32. The van der Waals surface area contributed by atoms with Gasteiger partial charge in [-0.25, -0.2) is 0 Å². The van der Waals surface area contributed by atoms with E-state index in [1.807, 2.05) is 11.7 Å². The summed E-state index contributed by atoms with van der Waals surface area (Å²) in [6.45, 7) is 2.15. The molecule has 1 fully saturated rings. The molecule has 1 aromatic rings. The van der Waals surface area contributed by atoms with Gasteiger partial charge in [-0.1, -0.05) is 26.2 Å². The Morgan fingerprint density at radius 1 is 1.33 bits per heavy atom. The number of aromatic nitrogens is 2. The van der Waals surface area contributed by atoms with Crippen molar-refractivity contribution in [1.82, 2.24) is 9.78 Å². The highest BCUT2D eigenvalue weighted by atomic mass is 79.9. The van der Waals surface area contributed by atoms with Crippen LogP contribution in [0.4, 0.5) is 0 Å². The topological polar surface area (TPSA) is 17.8 Å². The molecule has 0 amide bonds. The second-order valence-electron chi connectivity index (χ2n) is 5.30. The van der Waals surface area contributed by atoms with E-state index in [4.69, 9.17) is 11.6 Å². The molecule has 1 aliphatic carbocycles. The molecule has 1 aromatic heterocycles. The second kappa shape index (κ2) is 6.42. The molecule has 0 N–H and O–H groups in total. The van der Waals surface area contributed by atoms with E-state index in [0.29, 0.717) is 11.3 Å². The zero-order valence-electron chi connectivity index (χ0n) is 11.3. The van der Waals surface area contributed by atoms with E-state index in [2.05, 4.69) is 28.0 Å². The Bertz CT molecular complexity index is 403. The fraction of sp³-hybridized carbons (Fsp3) is 0.786. The largest absolute Gasteiger partial charge is 0.271 e. The summed E-state index contributed by atoms with van der Waals surface area (Å²) in [5, 5.41) is 4.90. The summed E-state index contributed by atoms with van der Waals surface area (Å²) in [5.74, 6) is 0.602. The van der Waals surface area contributed by atoms with Crippen molar-refractivity contribution in [1.29, 1.82) is 0 Å². The van der Waals surface area contributed by atoms with Crippen molar-refractivity contribution in [3.8, 4) is 0 Å². The molecule has 2 unspecified atom stereocenters. The average molecular weight is 334 g/mol. The number of hydrogen-bond acceptors (Lipinski definition) is 1. The highest BCUT2D eigenvalue weighted by molar-refractivity contribution is 9.10. The Labute approximate surface area is 123 Å². The van der Waals surface area contributed by atoms with Crippen LogP contribution in [-0.4, -0.2) is 15.2 Å². The Balaban J connectivity index is 2.14. The lowest BCUT2D eigenvalue weighted by Crippen LogP contribution is -2.18. The van der Waals surface area contributed by atoms with E-state index in [9.17, 15) is 0 Å². The second-order valence-corrected chi connectivity index (χ2v) is 6.66. The van der Waals surface area contributed by atoms with Crippen LogP contribution in [0.1, 0.15) is 50.4 Å². The molecule has 0 aromatic carbocycles. The minimum Gasteiger partial charge on any atom is -0.271 e. The fourth-order valence-electron chi connectivity index (χ4n) is 2.86. The van der Waals surface area contributed by atoms with Crippen LogP contribution in [0.2, 0.25) is 0 Å². The molecule has 4 heteroatoms. The molecular weight excluding hydrogens is 312 g/mol. The smallest absolute Gasteiger partial charge is 0.0766 e. The lowest BCUT2D eigenvalue weighted by Gasteiger charge is -2.19. The molecule has 18 heavy (non-hydrogen) atoms. The van der Waals surface area contributed by atoms with Crippen molar-refractivity contribution >= 4 is 27.5 Å². The molecular formula is C14H22BrClN2. The van der Waals surface area contributed by atoms with Gasteiger partial charge in [-0.15, -0.1) is 11.6 Å². The van der Waals surface area contributed by atoms with Crippen molar-refractivity contribution in [3.05, 3.63) is 15.9 Å². The summed E-state index contributed by atoms with van der Waals surface area (Å²) < 4.78 is 3.22. The van der Waals surface area contributed by atoms with E-state index in [1.165, 1.54) is 42.3 Å². The number of hydrogen-bond donors (Lipinski definition) is 0. The van der Waals surface area contributed by atoms with Gasteiger partial charge in [0, 0.05) is 12.4 Å². The van der Waals surface area contributed by atoms with Crippen molar-refractivity contribution in [2.45, 2.75) is 57.2 Å². The predicted octanol–water partition coefficient (Wildman–Crippen LogP) is 4.48. The van der Waals surface area contributed by atoms with Crippen molar-refractivity contribution in [3.63, 3.8) is 0 Å². The summed E-state index contributed by atoms with van der Waals surface area (Å²) in [5.41, 5.74) is 2.47. The van der Waals surface area contributed by atoms with Crippen LogP contribution in [0.25, 0.3) is 0 Å². The van der Waals surface area contributed by atoms with E-state index in [0.717, 1.165) is 18.5 Å². The minimum absolute atomic E-state index is 0.333. The van der Waals surface area contributed by atoms with Crippen molar-refractivity contribution < 1.29 is 0 Å². The highest BCUT2D eigenvalue weighted by Gasteiger charge is 2.25. The normalized spacial score (nSPS) is 25.1. The fourth-order valence-corrected chi connectivity index (χ4v) is 4.01. The third-order valence-electron chi connectivity index (χ3n) is 4.02. The first-order valence-electron chi connectivity index (χ1n) is 6.97. The third kappa shape index (κ3) is 3.11. The first-order valence-corrected chi connectivity index (χ1v) is 8.20. The van der Waals surface area contributed by atoms with Gasteiger partial charge in [-0.3, -0.25) is 4.68 Å². The summed E-state index contributed by atoms with van der Waals surface area (Å²) in [4.78, 5) is 0. The number of halogens is 2. The molecule has 1 saturated carbocycles. The molecule has 0 aliphatic heterocycles. The van der Waals surface area contributed by atoms with Crippen LogP contribution in [-0.2, 0) is 19.9 Å². The summed E-state index contributed by atoms with van der Waals surface area (Å²) in [7, 11) is 2.04. The molecule has 1 aliphatic rings. The maximum atomic E-state index is 6.54. The quantitative estimate of drug-likeness (QED) is 0.589. The SMILES string of the molecule is CCc1nn(C)c(CC2CCCCCC2Cl)c1Br. The van der Waals surface area contributed by atoms with E-state index in [-0.39, 0.29) is 0 Å². The van der Waals surface area contributed by atoms with Gasteiger partial charge in [-0.2, -0.15) is 5.10 Å². The number of aryl methyl sites for hydroxylation is 2. The maximum Gasteiger partial charge on any atom is 0.0766 e. The van der Waals surface area contributed by atoms with Crippen LogP contribution in [0, 0.1) is 5.92 Å². The van der Waals surface area contributed by atoms with Gasteiger partial charge in [-0.05, 0) is 47.5 Å².